The molecule has 124 valence electrons. The van der Waals surface area contributed by atoms with E-state index in [1.165, 1.54) is 0 Å². The summed E-state index contributed by atoms with van der Waals surface area (Å²) in [7, 11) is 1.63. The summed E-state index contributed by atoms with van der Waals surface area (Å²) in [6.45, 7) is 3.97. The predicted octanol–water partition coefficient (Wildman–Crippen LogP) is 3.69. The van der Waals surface area contributed by atoms with Gasteiger partial charge in [0, 0.05) is 12.0 Å². The number of carbonyl (C=O) groups excluding carboxylic acids is 1. The molecule has 1 N–H and O–H groups in total. The molecule has 4 heteroatoms. The van der Waals surface area contributed by atoms with Gasteiger partial charge in [-0.05, 0) is 44.0 Å². The van der Waals surface area contributed by atoms with Gasteiger partial charge in [0.1, 0.15) is 5.75 Å². The average Bonchev–Trinajstić information content (AvgIpc) is 2.60. The molecule has 2 aromatic carbocycles. The summed E-state index contributed by atoms with van der Waals surface area (Å²) in [5.41, 5.74) is 3.78. The molecule has 24 heavy (non-hydrogen) atoms. The third kappa shape index (κ3) is 4.60. The highest BCUT2D eigenvalue weighted by Gasteiger charge is 2.14. The Hall–Kier alpha value is -2.80. The number of benzene rings is 2. The first kappa shape index (κ1) is 17.6. The van der Waals surface area contributed by atoms with Gasteiger partial charge < -0.3 is 10.1 Å². The maximum atomic E-state index is 12.2. The lowest BCUT2D eigenvalue weighted by Gasteiger charge is -2.18. The number of rotatable bonds is 6. The molecule has 0 bridgehead atoms. The minimum absolute atomic E-state index is 0.00424. The molecule has 0 heterocycles. The number of methoxy groups -OCH3 is 1. The third-order valence-electron chi connectivity index (χ3n) is 3.95. The largest absolute Gasteiger partial charge is 0.496 e. The minimum Gasteiger partial charge on any atom is -0.496 e. The Kier molecular flexibility index (Phi) is 5.97. The van der Waals surface area contributed by atoms with E-state index in [1.807, 2.05) is 44.2 Å². The van der Waals surface area contributed by atoms with Crippen LogP contribution in [0.4, 0.5) is 0 Å². The smallest absolute Gasteiger partial charge is 0.220 e. The number of hydrogen-bond donors (Lipinski definition) is 1. The maximum Gasteiger partial charge on any atom is 0.220 e. The number of hydrogen-bond acceptors (Lipinski definition) is 3. The van der Waals surface area contributed by atoms with Gasteiger partial charge in [0.15, 0.2) is 0 Å². The Morgan fingerprint density at radius 3 is 2.58 bits per heavy atom. The van der Waals surface area contributed by atoms with Gasteiger partial charge in [-0.25, -0.2) is 0 Å². The Balaban J connectivity index is 1.94. The van der Waals surface area contributed by atoms with E-state index in [0.29, 0.717) is 18.4 Å². The summed E-state index contributed by atoms with van der Waals surface area (Å²) in [5.74, 6) is 0.774. The second kappa shape index (κ2) is 8.16. The fourth-order valence-corrected chi connectivity index (χ4v) is 2.59. The molecule has 4 nitrogen and oxygen atoms in total. The molecule has 0 spiro atoms. The Bertz CT molecular complexity index is 745. The SMILES string of the molecule is COc1ccc(C)cc1[C@H](C)NC(=O)CCc1ccc(C#N)cc1. The van der Waals surface area contributed by atoms with E-state index < -0.39 is 0 Å². The number of amides is 1. The van der Waals surface area contributed by atoms with Gasteiger partial charge in [-0.2, -0.15) is 5.26 Å². The topological polar surface area (TPSA) is 62.1 Å². The molecule has 0 aromatic heterocycles. The van der Waals surface area contributed by atoms with Gasteiger partial charge in [-0.1, -0.05) is 29.8 Å². The van der Waals surface area contributed by atoms with E-state index >= 15 is 0 Å². The van der Waals surface area contributed by atoms with Gasteiger partial charge in [0.05, 0.1) is 24.8 Å². The molecule has 0 unspecified atom stereocenters. The van der Waals surface area contributed by atoms with E-state index in [4.69, 9.17) is 10.00 Å². The first-order valence-corrected chi connectivity index (χ1v) is 7.96. The van der Waals surface area contributed by atoms with Gasteiger partial charge in [0.2, 0.25) is 5.91 Å². The van der Waals surface area contributed by atoms with E-state index in [0.717, 1.165) is 22.4 Å². The highest BCUT2D eigenvalue weighted by atomic mass is 16.5. The van der Waals surface area contributed by atoms with Crippen LogP contribution >= 0.6 is 0 Å². The predicted molar refractivity (Wildman–Crippen MR) is 93.8 cm³/mol. The molecule has 0 aliphatic heterocycles. The number of aryl methyl sites for hydroxylation is 2. The zero-order valence-corrected chi connectivity index (χ0v) is 14.3. The lowest BCUT2D eigenvalue weighted by Crippen LogP contribution is -2.27. The highest BCUT2D eigenvalue weighted by Crippen LogP contribution is 2.26. The summed E-state index contributed by atoms with van der Waals surface area (Å²) in [4.78, 5) is 12.2. The molecule has 0 radical (unpaired) electrons. The van der Waals surface area contributed by atoms with Gasteiger partial charge >= 0.3 is 0 Å². The zero-order chi connectivity index (χ0) is 17.5. The van der Waals surface area contributed by atoms with Crippen molar-refractivity contribution in [3.63, 3.8) is 0 Å². The summed E-state index contributed by atoms with van der Waals surface area (Å²) in [5, 5.41) is 11.8. The van der Waals surface area contributed by atoms with Crippen molar-refractivity contribution in [2.24, 2.45) is 0 Å². The molecule has 0 aliphatic carbocycles. The number of nitrogens with zero attached hydrogens (tertiary/aromatic N) is 1. The van der Waals surface area contributed by atoms with Crippen LogP contribution in [0, 0.1) is 18.3 Å². The first-order valence-electron chi connectivity index (χ1n) is 7.96. The highest BCUT2D eigenvalue weighted by molar-refractivity contribution is 5.76. The summed E-state index contributed by atoms with van der Waals surface area (Å²) in [6, 6.07) is 15.2. The fraction of sp³-hybridized carbons (Fsp3) is 0.300. The average molecular weight is 322 g/mol. The van der Waals surface area contributed by atoms with E-state index in [9.17, 15) is 4.79 Å². The van der Waals surface area contributed by atoms with Crippen LogP contribution in [0.3, 0.4) is 0 Å². The molecular weight excluding hydrogens is 300 g/mol. The maximum absolute atomic E-state index is 12.2. The summed E-state index contributed by atoms with van der Waals surface area (Å²) >= 11 is 0. The van der Waals surface area contributed by atoms with Crippen molar-refractivity contribution >= 4 is 5.91 Å². The Morgan fingerprint density at radius 2 is 1.96 bits per heavy atom. The van der Waals surface area contributed by atoms with E-state index in [-0.39, 0.29) is 11.9 Å². The fourth-order valence-electron chi connectivity index (χ4n) is 2.59. The number of carbonyl (C=O) groups is 1. The van der Waals surface area contributed by atoms with Crippen LogP contribution in [-0.4, -0.2) is 13.0 Å². The Labute approximate surface area is 143 Å². The monoisotopic (exact) mass is 322 g/mol. The molecular formula is C20H22N2O2. The second-order valence-electron chi connectivity index (χ2n) is 5.84. The van der Waals surface area contributed by atoms with Crippen LogP contribution in [0.5, 0.6) is 5.75 Å². The molecule has 0 aliphatic rings. The lowest BCUT2D eigenvalue weighted by atomic mass is 10.0. The third-order valence-corrected chi connectivity index (χ3v) is 3.95. The summed E-state index contributed by atoms with van der Waals surface area (Å²) < 4.78 is 5.38. The molecule has 0 saturated carbocycles. The van der Waals surface area contributed by atoms with Crippen LogP contribution in [0.25, 0.3) is 0 Å². The van der Waals surface area contributed by atoms with Crippen molar-refractivity contribution < 1.29 is 9.53 Å². The van der Waals surface area contributed by atoms with Crippen molar-refractivity contribution in [2.45, 2.75) is 32.7 Å². The first-order chi connectivity index (χ1) is 11.5. The van der Waals surface area contributed by atoms with Crippen LogP contribution in [0.15, 0.2) is 42.5 Å². The summed E-state index contributed by atoms with van der Waals surface area (Å²) in [6.07, 6.45) is 1.06. The zero-order valence-electron chi connectivity index (χ0n) is 14.3. The second-order valence-corrected chi connectivity index (χ2v) is 5.84. The van der Waals surface area contributed by atoms with Crippen LogP contribution in [-0.2, 0) is 11.2 Å². The molecule has 2 rings (SSSR count). The molecule has 0 fully saturated rings. The van der Waals surface area contributed by atoms with Crippen LogP contribution < -0.4 is 10.1 Å². The molecule has 1 atom stereocenters. The van der Waals surface area contributed by atoms with Crippen molar-refractivity contribution in [1.82, 2.24) is 5.32 Å². The normalized spacial score (nSPS) is 11.4. The van der Waals surface area contributed by atoms with Gasteiger partial charge in [-0.3, -0.25) is 4.79 Å². The molecule has 2 aromatic rings. The van der Waals surface area contributed by atoms with Gasteiger partial charge in [0.25, 0.3) is 0 Å². The van der Waals surface area contributed by atoms with Crippen LogP contribution in [0.1, 0.15) is 41.6 Å². The Morgan fingerprint density at radius 1 is 1.25 bits per heavy atom. The number of nitriles is 1. The molecule has 0 saturated heterocycles. The lowest BCUT2D eigenvalue weighted by molar-refractivity contribution is -0.121. The van der Waals surface area contributed by atoms with Crippen molar-refractivity contribution in [2.75, 3.05) is 7.11 Å². The number of ether oxygens (including phenoxy) is 1. The van der Waals surface area contributed by atoms with Crippen molar-refractivity contribution in [1.29, 1.82) is 5.26 Å². The van der Waals surface area contributed by atoms with E-state index in [1.54, 1.807) is 19.2 Å². The quantitative estimate of drug-likeness (QED) is 0.882. The van der Waals surface area contributed by atoms with Gasteiger partial charge in [-0.15, -0.1) is 0 Å². The minimum atomic E-state index is -0.117. The van der Waals surface area contributed by atoms with Crippen molar-refractivity contribution in [3.05, 3.63) is 64.7 Å². The molecule has 1 amide bonds. The van der Waals surface area contributed by atoms with Crippen molar-refractivity contribution in [3.8, 4) is 11.8 Å². The standard InChI is InChI=1S/C20H22N2O2/c1-14-4-10-19(24-3)18(12-14)15(2)22-20(23)11-9-16-5-7-17(13-21)8-6-16/h4-8,10,12,15H,9,11H2,1-3H3,(H,22,23)/t15-/m0/s1. The van der Waals surface area contributed by atoms with Crippen LogP contribution in [0.2, 0.25) is 0 Å². The van der Waals surface area contributed by atoms with E-state index in [2.05, 4.69) is 11.4 Å². The number of nitrogens with one attached hydrogen (secondary N) is 1.